The van der Waals surface area contributed by atoms with Crippen molar-refractivity contribution < 1.29 is 4.79 Å². The van der Waals surface area contributed by atoms with Crippen LogP contribution in [0.15, 0.2) is 52.7 Å². The van der Waals surface area contributed by atoms with Crippen molar-refractivity contribution in [2.45, 2.75) is 39.7 Å². The van der Waals surface area contributed by atoms with Crippen LogP contribution in [0.1, 0.15) is 38.7 Å². The van der Waals surface area contributed by atoms with Gasteiger partial charge >= 0.3 is 0 Å². The van der Waals surface area contributed by atoms with Gasteiger partial charge in [-0.3, -0.25) is 9.48 Å². The van der Waals surface area contributed by atoms with E-state index < -0.39 is 0 Å². The van der Waals surface area contributed by atoms with Crippen molar-refractivity contribution in [2.24, 2.45) is 12.0 Å². The van der Waals surface area contributed by atoms with Gasteiger partial charge in [-0.25, -0.2) is 4.99 Å². The molecule has 0 atom stereocenters. The number of nitrogens with one attached hydrogen (secondary N) is 1. The zero-order chi connectivity index (χ0) is 20.1. The molecule has 1 N–H and O–H groups in total. The highest BCUT2D eigenvalue weighted by atomic mass is 16.1. The molecule has 0 radical (unpaired) electrons. The SMILES string of the molecule is CC/C(C)=C\C(C(=O)NCc1cnn(C)c1)=C1\N=C(N2CCCC2)C=CN1C. The van der Waals surface area contributed by atoms with Gasteiger partial charge in [0.1, 0.15) is 11.7 Å². The number of nitrogens with zero attached hydrogens (tertiary/aromatic N) is 5. The summed E-state index contributed by atoms with van der Waals surface area (Å²) in [6, 6.07) is 0. The lowest BCUT2D eigenvalue weighted by molar-refractivity contribution is -0.117. The summed E-state index contributed by atoms with van der Waals surface area (Å²) in [6.45, 7) is 6.60. The van der Waals surface area contributed by atoms with Crippen LogP contribution in [0.2, 0.25) is 0 Å². The number of aryl methyl sites for hydroxylation is 1. The number of hydrogen-bond acceptors (Lipinski definition) is 5. The number of hydrogen-bond donors (Lipinski definition) is 1. The van der Waals surface area contributed by atoms with Crippen LogP contribution in [-0.4, -0.2) is 51.5 Å². The van der Waals surface area contributed by atoms with Crippen LogP contribution in [-0.2, 0) is 18.4 Å². The van der Waals surface area contributed by atoms with E-state index >= 15 is 0 Å². The smallest absolute Gasteiger partial charge is 0.255 e. The number of aromatic nitrogens is 2. The van der Waals surface area contributed by atoms with Gasteiger partial charge in [-0.2, -0.15) is 5.10 Å². The molecule has 0 aliphatic carbocycles. The summed E-state index contributed by atoms with van der Waals surface area (Å²) in [5.41, 5.74) is 2.70. The third kappa shape index (κ3) is 4.71. The standard InChI is InChI=1S/C21H30N6O/c1-5-16(2)12-18(21(28)22-13-17-14-23-26(4)15-17)20-24-19(8-11-25(20)3)27-9-6-7-10-27/h8,11-12,14-15H,5-7,9-10,13H2,1-4H3,(H,22,28)/b16-12-,20-18+. The molecule has 0 spiro atoms. The number of aliphatic imine (C=N–C) groups is 1. The summed E-state index contributed by atoms with van der Waals surface area (Å²) in [5, 5.41) is 7.17. The third-order valence-corrected chi connectivity index (χ3v) is 5.08. The van der Waals surface area contributed by atoms with E-state index in [4.69, 9.17) is 4.99 Å². The van der Waals surface area contributed by atoms with Gasteiger partial charge in [0.2, 0.25) is 0 Å². The minimum atomic E-state index is -0.127. The van der Waals surface area contributed by atoms with Crippen LogP contribution < -0.4 is 5.32 Å². The lowest BCUT2D eigenvalue weighted by Gasteiger charge is -2.26. The Balaban J connectivity index is 1.90. The number of carbonyl (C=O) groups excluding carboxylic acids is 1. The Labute approximate surface area is 167 Å². The van der Waals surface area contributed by atoms with Gasteiger partial charge in [-0.15, -0.1) is 0 Å². The predicted octanol–water partition coefficient (Wildman–Crippen LogP) is 2.56. The number of carbonyl (C=O) groups is 1. The van der Waals surface area contributed by atoms with E-state index in [-0.39, 0.29) is 5.91 Å². The molecular formula is C21H30N6O. The number of amidine groups is 1. The fourth-order valence-corrected chi connectivity index (χ4v) is 3.27. The largest absolute Gasteiger partial charge is 0.357 e. The molecule has 28 heavy (non-hydrogen) atoms. The van der Waals surface area contributed by atoms with Crippen LogP contribution in [0.5, 0.6) is 0 Å². The van der Waals surface area contributed by atoms with Gasteiger partial charge in [0.15, 0.2) is 0 Å². The van der Waals surface area contributed by atoms with Crippen LogP contribution in [0.25, 0.3) is 0 Å². The molecule has 150 valence electrons. The normalized spacial score (nSPS) is 19.1. The molecule has 1 aromatic heterocycles. The number of amides is 1. The second-order valence-electron chi connectivity index (χ2n) is 7.38. The van der Waals surface area contributed by atoms with Gasteiger partial charge in [0, 0.05) is 51.7 Å². The van der Waals surface area contributed by atoms with E-state index in [2.05, 4.69) is 22.2 Å². The van der Waals surface area contributed by atoms with E-state index in [0.29, 0.717) is 17.9 Å². The minimum absolute atomic E-state index is 0.127. The molecule has 1 saturated heterocycles. The molecule has 3 rings (SSSR count). The highest BCUT2D eigenvalue weighted by Crippen LogP contribution is 2.21. The molecule has 3 heterocycles. The Morgan fingerprint density at radius 1 is 1.29 bits per heavy atom. The predicted molar refractivity (Wildman–Crippen MR) is 111 cm³/mol. The maximum Gasteiger partial charge on any atom is 0.255 e. The topological polar surface area (TPSA) is 65.8 Å². The molecule has 1 fully saturated rings. The van der Waals surface area contributed by atoms with Crippen LogP contribution in [0.3, 0.4) is 0 Å². The maximum absolute atomic E-state index is 13.1. The highest BCUT2D eigenvalue weighted by molar-refractivity contribution is 5.99. The molecule has 1 amide bonds. The van der Waals surface area contributed by atoms with Crippen molar-refractivity contribution in [3.05, 3.63) is 53.3 Å². The Morgan fingerprint density at radius 3 is 2.68 bits per heavy atom. The lowest BCUT2D eigenvalue weighted by Crippen LogP contribution is -2.32. The molecule has 0 unspecified atom stereocenters. The molecule has 2 aliphatic rings. The fraction of sp³-hybridized carbons (Fsp3) is 0.476. The average Bonchev–Trinajstić information content (AvgIpc) is 3.36. The molecule has 7 nitrogen and oxygen atoms in total. The number of allylic oxidation sites excluding steroid dienone is 1. The zero-order valence-corrected chi connectivity index (χ0v) is 17.3. The molecular weight excluding hydrogens is 352 g/mol. The van der Waals surface area contributed by atoms with Gasteiger partial charge in [-0.05, 0) is 38.3 Å². The number of rotatable bonds is 5. The van der Waals surface area contributed by atoms with Gasteiger partial charge < -0.3 is 15.1 Å². The second-order valence-corrected chi connectivity index (χ2v) is 7.38. The Bertz CT molecular complexity index is 839. The van der Waals surface area contributed by atoms with E-state index in [1.807, 2.05) is 50.5 Å². The van der Waals surface area contributed by atoms with Crippen LogP contribution in [0.4, 0.5) is 0 Å². The summed E-state index contributed by atoms with van der Waals surface area (Å²) >= 11 is 0. The Kier molecular flexibility index (Phi) is 6.34. The number of likely N-dealkylation sites (tertiary alicyclic amines) is 1. The quantitative estimate of drug-likeness (QED) is 0.795. The second kappa shape index (κ2) is 8.91. The van der Waals surface area contributed by atoms with Gasteiger partial charge in [0.05, 0.1) is 11.8 Å². The van der Waals surface area contributed by atoms with Crippen molar-refractivity contribution in [2.75, 3.05) is 20.1 Å². The average molecular weight is 383 g/mol. The Morgan fingerprint density at radius 2 is 2.04 bits per heavy atom. The first-order valence-electron chi connectivity index (χ1n) is 9.89. The first-order valence-corrected chi connectivity index (χ1v) is 9.89. The summed E-state index contributed by atoms with van der Waals surface area (Å²) in [4.78, 5) is 22.1. The fourth-order valence-electron chi connectivity index (χ4n) is 3.27. The molecule has 1 aromatic rings. The highest BCUT2D eigenvalue weighted by Gasteiger charge is 2.22. The molecule has 0 bridgehead atoms. The van der Waals surface area contributed by atoms with Crippen molar-refractivity contribution in [1.82, 2.24) is 24.9 Å². The van der Waals surface area contributed by atoms with E-state index in [0.717, 1.165) is 36.5 Å². The van der Waals surface area contributed by atoms with Crippen molar-refractivity contribution in [1.29, 1.82) is 0 Å². The molecule has 7 heteroatoms. The van der Waals surface area contributed by atoms with Crippen molar-refractivity contribution in [3.8, 4) is 0 Å². The first-order chi connectivity index (χ1) is 13.5. The van der Waals surface area contributed by atoms with E-state index in [9.17, 15) is 4.79 Å². The molecule has 0 saturated carbocycles. The summed E-state index contributed by atoms with van der Waals surface area (Å²) in [5.74, 6) is 1.49. The van der Waals surface area contributed by atoms with Gasteiger partial charge in [-0.1, -0.05) is 12.5 Å². The van der Waals surface area contributed by atoms with Crippen LogP contribution in [0, 0.1) is 0 Å². The lowest BCUT2D eigenvalue weighted by atomic mass is 10.1. The summed E-state index contributed by atoms with van der Waals surface area (Å²) in [6.07, 6.45) is 12.9. The minimum Gasteiger partial charge on any atom is -0.357 e. The maximum atomic E-state index is 13.1. The molecule has 2 aliphatic heterocycles. The zero-order valence-electron chi connectivity index (χ0n) is 17.3. The van der Waals surface area contributed by atoms with E-state index in [1.165, 1.54) is 12.8 Å². The third-order valence-electron chi connectivity index (χ3n) is 5.08. The van der Waals surface area contributed by atoms with Gasteiger partial charge in [0.25, 0.3) is 5.91 Å². The van der Waals surface area contributed by atoms with E-state index in [1.54, 1.807) is 10.9 Å². The monoisotopic (exact) mass is 382 g/mol. The van der Waals surface area contributed by atoms with Crippen molar-refractivity contribution in [3.63, 3.8) is 0 Å². The summed E-state index contributed by atoms with van der Waals surface area (Å²) in [7, 11) is 3.80. The first kappa shape index (κ1) is 19.9. The van der Waals surface area contributed by atoms with Crippen LogP contribution >= 0.6 is 0 Å². The Hall–Kier alpha value is -2.83. The van der Waals surface area contributed by atoms with Crippen molar-refractivity contribution >= 4 is 11.7 Å². The summed E-state index contributed by atoms with van der Waals surface area (Å²) < 4.78 is 1.73. The molecule has 0 aromatic carbocycles.